The molecule has 2 aromatic heterocycles. The normalized spacial score (nSPS) is 18.1. The molecule has 0 bridgehead atoms. The van der Waals surface area contributed by atoms with Crippen LogP contribution in [0.15, 0.2) is 10.4 Å². The van der Waals surface area contributed by atoms with E-state index in [1.807, 2.05) is 11.6 Å². The number of aromatic nitrogens is 4. The molecule has 1 aliphatic rings. The number of guanidine groups is 1. The van der Waals surface area contributed by atoms with Crippen LogP contribution in [-0.4, -0.2) is 38.8 Å². The van der Waals surface area contributed by atoms with Gasteiger partial charge in [-0.3, -0.25) is 4.99 Å². The summed E-state index contributed by atoms with van der Waals surface area (Å²) in [6, 6.07) is 0.307. The molecule has 0 saturated carbocycles. The Balaban J connectivity index is 1.54. The number of thiazole rings is 1. The van der Waals surface area contributed by atoms with Gasteiger partial charge in [-0.05, 0) is 13.3 Å². The highest BCUT2D eigenvalue weighted by molar-refractivity contribution is 7.09. The first-order chi connectivity index (χ1) is 11.8. The Kier molecular flexibility index (Phi) is 5.08. The average Bonchev–Trinajstić information content (AvgIpc) is 3.16. The fourth-order valence-corrected chi connectivity index (χ4v) is 3.80. The third-order valence-corrected chi connectivity index (χ3v) is 5.10. The van der Waals surface area contributed by atoms with Gasteiger partial charge in [-0.25, -0.2) is 14.6 Å². The molecule has 1 unspecified atom stereocenters. The number of rotatable bonds is 3. The van der Waals surface area contributed by atoms with E-state index in [1.54, 1.807) is 18.4 Å². The quantitative estimate of drug-likeness (QED) is 0.646. The van der Waals surface area contributed by atoms with E-state index in [0.29, 0.717) is 12.6 Å². The third-order valence-electron chi connectivity index (χ3n) is 4.26. The topological polar surface area (TPSA) is 80.0 Å². The zero-order valence-electron chi connectivity index (χ0n) is 15.6. The van der Waals surface area contributed by atoms with Crippen molar-refractivity contribution in [1.82, 2.24) is 30.4 Å². The Labute approximate surface area is 153 Å². The van der Waals surface area contributed by atoms with E-state index in [0.717, 1.165) is 47.7 Å². The highest BCUT2D eigenvalue weighted by Crippen LogP contribution is 2.23. The van der Waals surface area contributed by atoms with E-state index in [9.17, 15) is 0 Å². The van der Waals surface area contributed by atoms with Crippen LogP contribution in [0, 0.1) is 6.92 Å². The minimum absolute atomic E-state index is 0.0877. The molecule has 3 heterocycles. The first kappa shape index (κ1) is 17.8. The number of aliphatic imine (C=N–C) groups is 1. The summed E-state index contributed by atoms with van der Waals surface area (Å²) >= 11 is 1.69. The molecule has 0 saturated heterocycles. The van der Waals surface area contributed by atoms with Crippen LogP contribution >= 0.6 is 11.3 Å². The van der Waals surface area contributed by atoms with Crippen molar-refractivity contribution < 1.29 is 0 Å². The number of aryl methyl sites for hydroxylation is 2. The van der Waals surface area contributed by atoms with Crippen molar-refractivity contribution in [3.05, 3.63) is 27.7 Å². The summed E-state index contributed by atoms with van der Waals surface area (Å²) in [5.41, 5.74) is 1.23. The van der Waals surface area contributed by atoms with Crippen molar-refractivity contribution in [2.45, 2.75) is 65.1 Å². The maximum Gasteiger partial charge on any atom is 0.191 e. The van der Waals surface area contributed by atoms with E-state index >= 15 is 0 Å². The van der Waals surface area contributed by atoms with Gasteiger partial charge in [-0.2, -0.15) is 5.10 Å². The van der Waals surface area contributed by atoms with Gasteiger partial charge >= 0.3 is 0 Å². The monoisotopic (exact) mass is 361 g/mol. The second kappa shape index (κ2) is 7.11. The zero-order valence-corrected chi connectivity index (χ0v) is 16.4. The SMILES string of the molecule is CN=C(NCc1nc(C(C)(C)C)cs1)NC1CCc2nc(C)nn2C1. The van der Waals surface area contributed by atoms with Crippen molar-refractivity contribution >= 4 is 17.3 Å². The fraction of sp³-hybridized carbons (Fsp3) is 0.647. The minimum atomic E-state index is 0.0877. The molecule has 1 atom stereocenters. The molecule has 0 spiro atoms. The molecule has 1 aliphatic heterocycles. The van der Waals surface area contributed by atoms with E-state index in [-0.39, 0.29) is 5.41 Å². The lowest BCUT2D eigenvalue weighted by Crippen LogP contribution is -2.46. The molecule has 0 aliphatic carbocycles. The van der Waals surface area contributed by atoms with Gasteiger partial charge in [-0.1, -0.05) is 20.8 Å². The van der Waals surface area contributed by atoms with Crippen LogP contribution in [0.25, 0.3) is 0 Å². The summed E-state index contributed by atoms with van der Waals surface area (Å²) in [5.74, 6) is 2.73. The van der Waals surface area contributed by atoms with E-state index in [1.165, 1.54) is 0 Å². The Hall–Kier alpha value is -1.96. The highest BCUT2D eigenvalue weighted by atomic mass is 32.1. The van der Waals surface area contributed by atoms with E-state index in [4.69, 9.17) is 4.98 Å². The summed E-state index contributed by atoms with van der Waals surface area (Å²) in [6.07, 6.45) is 1.97. The number of nitrogens with zero attached hydrogens (tertiary/aromatic N) is 5. The molecule has 2 aromatic rings. The molecular formula is C17H27N7S. The van der Waals surface area contributed by atoms with Gasteiger partial charge in [0.05, 0.1) is 18.8 Å². The maximum absolute atomic E-state index is 4.72. The molecule has 2 N–H and O–H groups in total. The molecular weight excluding hydrogens is 334 g/mol. The molecule has 136 valence electrons. The van der Waals surface area contributed by atoms with Gasteiger partial charge in [0, 0.05) is 30.3 Å². The van der Waals surface area contributed by atoms with E-state index < -0.39 is 0 Å². The van der Waals surface area contributed by atoms with Crippen molar-refractivity contribution in [3.63, 3.8) is 0 Å². The second-order valence-corrected chi connectivity index (χ2v) is 8.38. The van der Waals surface area contributed by atoms with E-state index in [2.05, 4.69) is 51.9 Å². The summed E-state index contributed by atoms with van der Waals surface area (Å²) in [4.78, 5) is 13.5. The number of fused-ring (bicyclic) bond motifs is 1. The van der Waals surface area contributed by atoms with Crippen molar-refractivity contribution in [2.75, 3.05) is 7.05 Å². The fourth-order valence-electron chi connectivity index (χ4n) is 2.84. The smallest absolute Gasteiger partial charge is 0.191 e. The maximum atomic E-state index is 4.72. The first-order valence-corrected chi connectivity index (χ1v) is 9.55. The van der Waals surface area contributed by atoms with Crippen LogP contribution in [0.3, 0.4) is 0 Å². The van der Waals surface area contributed by atoms with Crippen LogP contribution in [0.5, 0.6) is 0 Å². The van der Waals surface area contributed by atoms with Gasteiger partial charge in [0.25, 0.3) is 0 Å². The number of nitrogens with one attached hydrogen (secondary N) is 2. The molecule has 0 radical (unpaired) electrons. The van der Waals surface area contributed by atoms with Crippen LogP contribution in [0.1, 0.15) is 49.5 Å². The van der Waals surface area contributed by atoms with Crippen LogP contribution < -0.4 is 10.6 Å². The lowest BCUT2D eigenvalue weighted by molar-refractivity contribution is 0.392. The summed E-state index contributed by atoms with van der Waals surface area (Å²) < 4.78 is 2.00. The standard InChI is InChI=1S/C17H27N7S/c1-11-20-14-7-6-12(9-24(14)23-11)21-16(18-5)19-8-15-22-13(10-25-15)17(2,3)4/h10,12H,6-9H2,1-5H3,(H2,18,19,21). The zero-order chi connectivity index (χ0) is 18.0. The molecule has 3 rings (SSSR count). The average molecular weight is 362 g/mol. The van der Waals surface area contributed by atoms with Gasteiger partial charge < -0.3 is 10.6 Å². The van der Waals surface area contributed by atoms with Crippen LogP contribution in [0.4, 0.5) is 0 Å². The van der Waals surface area contributed by atoms with Crippen molar-refractivity contribution in [1.29, 1.82) is 0 Å². The molecule has 7 nitrogen and oxygen atoms in total. The Morgan fingerprint density at radius 2 is 2.20 bits per heavy atom. The van der Waals surface area contributed by atoms with Crippen LogP contribution in [-0.2, 0) is 24.9 Å². The van der Waals surface area contributed by atoms with Crippen molar-refractivity contribution in [3.8, 4) is 0 Å². The lowest BCUT2D eigenvalue weighted by atomic mass is 9.93. The molecule has 25 heavy (non-hydrogen) atoms. The van der Waals surface area contributed by atoms with Gasteiger partial charge in [-0.15, -0.1) is 11.3 Å². The predicted octanol–water partition coefficient (Wildman–Crippen LogP) is 2.02. The Morgan fingerprint density at radius 3 is 2.88 bits per heavy atom. The molecule has 0 aromatic carbocycles. The molecule has 0 amide bonds. The lowest BCUT2D eigenvalue weighted by Gasteiger charge is -2.25. The number of hydrogen-bond donors (Lipinski definition) is 2. The van der Waals surface area contributed by atoms with Gasteiger partial charge in [0.2, 0.25) is 0 Å². The largest absolute Gasteiger partial charge is 0.352 e. The highest BCUT2D eigenvalue weighted by Gasteiger charge is 2.22. The Morgan fingerprint density at radius 1 is 1.40 bits per heavy atom. The van der Waals surface area contributed by atoms with Gasteiger partial charge in [0.1, 0.15) is 16.7 Å². The number of hydrogen-bond acceptors (Lipinski definition) is 5. The molecule has 8 heteroatoms. The molecule has 0 fully saturated rings. The summed E-state index contributed by atoms with van der Waals surface area (Å²) in [5, 5.41) is 14.5. The van der Waals surface area contributed by atoms with Gasteiger partial charge in [0.15, 0.2) is 5.96 Å². The summed E-state index contributed by atoms with van der Waals surface area (Å²) in [7, 11) is 1.80. The van der Waals surface area contributed by atoms with Crippen molar-refractivity contribution in [2.24, 2.45) is 4.99 Å². The Bertz CT molecular complexity index is 753. The van der Waals surface area contributed by atoms with Crippen LogP contribution in [0.2, 0.25) is 0 Å². The summed E-state index contributed by atoms with van der Waals surface area (Å²) in [6.45, 7) is 9.99. The predicted molar refractivity (Wildman–Crippen MR) is 101 cm³/mol. The minimum Gasteiger partial charge on any atom is -0.352 e. The third kappa shape index (κ3) is 4.36. The first-order valence-electron chi connectivity index (χ1n) is 8.67. The second-order valence-electron chi connectivity index (χ2n) is 7.44.